The number of hydrogen-bond acceptors (Lipinski definition) is 11. The van der Waals surface area contributed by atoms with Gasteiger partial charge in [0.25, 0.3) is 0 Å². The average molecular weight is 825 g/mol. The maximum absolute atomic E-state index is 14.9. The number of aliphatic hydroxyl groups is 2. The first kappa shape index (κ1) is 40.6. The minimum atomic E-state index is -2.56. The van der Waals surface area contributed by atoms with Crippen LogP contribution in [0.2, 0.25) is 0 Å². The van der Waals surface area contributed by atoms with Crippen molar-refractivity contribution in [1.82, 2.24) is 14.4 Å². The number of aryl methyl sites for hydroxylation is 1. The van der Waals surface area contributed by atoms with Crippen molar-refractivity contribution in [2.24, 2.45) is 18.4 Å². The fourth-order valence-electron chi connectivity index (χ4n) is 13.6. The predicted octanol–water partition coefficient (Wildman–Crippen LogP) is 3.44. The number of amides is 1. The zero-order valence-electron chi connectivity index (χ0n) is 35.3. The number of carbonyl (C=O) groups is 4. The molecule has 6 aliphatic rings. The fourth-order valence-corrected chi connectivity index (χ4v) is 13.6. The molecule has 6 heterocycles. The number of carbonyl (C=O) groups excluding carboxylic acids is 3. The molecule has 320 valence electrons. The highest BCUT2D eigenvalue weighted by Gasteiger charge is 2.81. The van der Waals surface area contributed by atoms with Crippen molar-refractivity contribution in [3.8, 4) is 5.75 Å². The summed E-state index contributed by atoms with van der Waals surface area (Å²) in [5.41, 5.74) is -3.81. The van der Waals surface area contributed by atoms with Gasteiger partial charge < -0.3 is 39.0 Å². The van der Waals surface area contributed by atoms with Gasteiger partial charge in [-0.15, -0.1) is 0 Å². The molecule has 2 aromatic carbocycles. The molecule has 1 saturated carbocycles. The van der Waals surface area contributed by atoms with Gasteiger partial charge in [-0.3, -0.25) is 24.2 Å². The summed E-state index contributed by atoms with van der Waals surface area (Å²) in [7, 11) is 4.56. The van der Waals surface area contributed by atoms with Gasteiger partial charge in [-0.05, 0) is 74.2 Å². The van der Waals surface area contributed by atoms with E-state index in [4.69, 9.17) is 14.2 Å². The molecule has 3 aromatic rings. The van der Waals surface area contributed by atoms with Crippen LogP contribution in [0.5, 0.6) is 5.75 Å². The highest BCUT2D eigenvalue weighted by Crippen LogP contribution is 2.68. The van der Waals surface area contributed by atoms with Crippen LogP contribution in [-0.4, -0.2) is 130 Å². The Morgan fingerprint density at radius 2 is 1.77 bits per heavy atom. The molecule has 3 N–H and O–H groups in total. The molecule has 14 nitrogen and oxygen atoms in total. The Morgan fingerprint density at radius 3 is 2.43 bits per heavy atom. The van der Waals surface area contributed by atoms with Crippen LogP contribution in [0.3, 0.4) is 0 Å². The van der Waals surface area contributed by atoms with Crippen LogP contribution in [0.25, 0.3) is 10.9 Å². The van der Waals surface area contributed by atoms with E-state index in [0.29, 0.717) is 93.7 Å². The quantitative estimate of drug-likeness (QED) is 0.172. The maximum Gasteiger partial charge on any atom is 0.344 e. The number of aromatic nitrogens is 1. The van der Waals surface area contributed by atoms with E-state index >= 15 is 0 Å². The van der Waals surface area contributed by atoms with E-state index in [0.717, 1.165) is 23.6 Å². The van der Waals surface area contributed by atoms with E-state index in [1.165, 1.54) is 18.9 Å². The summed E-state index contributed by atoms with van der Waals surface area (Å²) >= 11 is 0. The van der Waals surface area contributed by atoms with Gasteiger partial charge in [0, 0.05) is 85.2 Å². The summed E-state index contributed by atoms with van der Waals surface area (Å²) in [4.78, 5) is 61.9. The normalized spacial score (nSPS) is 36.5. The predicted molar refractivity (Wildman–Crippen MR) is 221 cm³/mol. The van der Waals surface area contributed by atoms with Crippen LogP contribution >= 0.6 is 0 Å². The second-order valence-corrected chi connectivity index (χ2v) is 18.3. The summed E-state index contributed by atoms with van der Waals surface area (Å²) in [6.45, 7) is 7.94. The van der Waals surface area contributed by atoms with Gasteiger partial charge in [-0.2, -0.15) is 0 Å². The van der Waals surface area contributed by atoms with Crippen molar-refractivity contribution in [2.75, 3.05) is 51.8 Å². The fraction of sp³-hybridized carbons (Fsp3) is 0.565. The summed E-state index contributed by atoms with van der Waals surface area (Å²) in [6, 6.07) is 9.73. The molecule has 5 aliphatic heterocycles. The number of fused-ring (bicyclic) bond motifs is 6. The van der Waals surface area contributed by atoms with Crippen molar-refractivity contribution in [2.45, 2.75) is 99.5 Å². The molecule has 9 rings (SSSR count). The molecule has 0 radical (unpaired) electrons. The Labute approximate surface area is 349 Å². The number of ether oxygens (including phenoxy) is 3. The third-order valence-electron chi connectivity index (χ3n) is 15.7. The van der Waals surface area contributed by atoms with Crippen molar-refractivity contribution in [3.63, 3.8) is 0 Å². The van der Waals surface area contributed by atoms with Crippen molar-refractivity contribution in [1.29, 1.82) is 0 Å². The lowest BCUT2D eigenvalue weighted by molar-refractivity contribution is -0.228. The number of carboxylic acids is 1. The van der Waals surface area contributed by atoms with Gasteiger partial charge in [-0.25, -0.2) is 4.79 Å². The summed E-state index contributed by atoms with van der Waals surface area (Å²) in [5, 5.41) is 38.3. The number of piperidine rings is 1. The lowest BCUT2D eigenvalue weighted by atomic mass is 9.47. The Kier molecular flexibility index (Phi) is 9.40. The topological polar surface area (TPSA) is 171 Å². The largest absolute Gasteiger partial charge is 0.496 e. The van der Waals surface area contributed by atoms with Crippen molar-refractivity contribution >= 4 is 40.9 Å². The van der Waals surface area contributed by atoms with E-state index in [2.05, 4.69) is 9.80 Å². The highest BCUT2D eigenvalue weighted by molar-refractivity contribution is 5.96. The van der Waals surface area contributed by atoms with Gasteiger partial charge in [0.15, 0.2) is 6.10 Å². The Morgan fingerprint density at radius 1 is 1.00 bits per heavy atom. The first-order valence-corrected chi connectivity index (χ1v) is 21.3. The molecule has 1 aromatic heterocycles. The van der Waals surface area contributed by atoms with Crippen LogP contribution < -0.4 is 9.64 Å². The van der Waals surface area contributed by atoms with Crippen LogP contribution in [0.1, 0.15) is 75.3 Å². The van der Waals surface area contributed by atoms with E-state index in [1.807, 2.05) is 67.9 Å². The zero-order valence-corrected chi connectivity index (χ0v) is 35.3. The molecule has 2 bridgehead atoms. The Balaban J connectivity index is 1.38. The number of nitrogens with zero attached hydrogens (tertiary/aromatic N) is 4. The van der Waals surface area contributed by atoms with Crippen molar-refractivity contribution in [3.05, 3.63) is 70.9 Å². The number of para-hydroxylation sites is 1. The summed E-state index contributed by atoms with van der Waals surface area (Å²) < 4.78 is 19.7. The molecule has 2 saturated heterocycles. The lowest BCUT2D eigenvalue weighted by Crippen LogP contribution is -2.81. The molecule has 3 fully saturated rings. The first-order chi connectivity index (χ1) is 28.6. The molecule has 60 heavy (non-hydrogen) atoms. The lowest BCUT2D eigenvalue weighted by Gasteiger charge is -2.63. The van der Waals surface area contributed by atoms with Gasteiger partial charge in [-0.1, -0.05) is 44.2 Å². The van der Waals surface area contributed by atoms with Gasteiger partial charge in [0.05, 0.1) is 31.5 Å². The Hall–Kier alpha value is -4.76. The Bertz CT molecular complexity index is 2340. The number of aliphatic carboxylic acids is 1. The van der Waals surface area contributed by atoms with Gasteiger partial charge in [0.1, 0.15) is 11.2 Å². The SMILES string of the molecule is CC[C@]1(O)C[C@H]2CN(CCc3c(n(C)c4ccccc34)[C@@](C(=O)O)(c3cc4c(cc3OC)N(C=O)[C@H]3[C@@](O)(C(=O)OC)[C@H](OC(C)=O)[C@]5(CC)C=CCN6CC[C@]43C65)C2)C1. The molecular weight excluding hydrogens is 769 g/mol. The van der Waals surface area contributed by atoms with Crippen LogP contribution in [-0.2, 0) is 53.0 Å². The molecule has 14 heteroatoms. The zero-order chi connectivity index (χ0) is 42.7. The molecule has 1 spiro atoms. The molecular formula is C46H56N4O10. The maximum atomic E-state index is 14.9. The number of esters is 2. The molecule has 1 aliphatic carbocycles. The van der Waals surface area contributed by atoms with Crippen molar-refractivity contribution < 1.29 is 48.7 Å². The molecule has 2 unspecified atom stereocenters. The monoisotopic (exact) mass is 824 g/mol. The molecule has 10 atom stereocenters. The second-order valence-electron chi connectivity index (χ2n) is 18.3. The number of anilines is 1. The van der Waals surface area contributed by atoms with Crippen LogP contribution in [0.4, 0.5) is 5.69 Å². The summed E-state index contributed by atoms with van der Waals surface area (Å²) in [6.07, 6.45) is 5.44. The smallest absolute Gasteiger partial charge is 0.344 e. The minimum absolute atomic E-state index is 0.138. The summed E-state index contributed by atoms with van der Waals surface area (Å²) in [5.74, 6) is -2.83. The van der Waals surface area contributed by atoms with E-state index in [-0.39, 0.29) is 18.1 Å². The number of methoxy groups -OCH3 is 2. The highest BCUT2D eigenvalue weighted by atomic mass is 16.6. The van der Waals surface area contributed by atoms with Gasteiger partial charge in [0.2, 0.25) is 12.0 Å². The molecule has 1 amide bonds. The van der Waals surface area contributed by atoms with Gasteiger partial charge >= 0.3 is 17.9 Å². The third kappa shape index (κ3) is 5.07. The second kappa shape index (κ2) is 13.9. The van der Waals surface area contributed by atoms with E-state index < -0.39 is 63.5 Å². The van der Waals surface area contributed by atoms with E-state index in [1.54, 1.807) is 6.07 Å². The standard InChI is InChI=1S/C46H56N4O10/c1-7-42(56)22-28-23-45(40(53)54,36-30(14-18-48(24-28)25-42)29-12-9-10-13-33(29)47(36)4)32-20-31-34(21-35(32)58-5)50(26-51)38-44(31)16-19-49-17-11-15-43(8-2,37(44)49)39(60-27(3)52)46(38,57)41(55)59-6/h9-13,15,20-21,26,28,37-39,56-57H,7-8,14,16-19,22-25H2,1-6H3,(H,53,54)/t28-,37?,38-,39-,42+,43-,44-,45+,46+/m1/s1. The average Bonchev–Trinajstić information content (AvgIpc) is 3.87. The third-order valence-corrected chi connectivity index (χ3v) is 15.7. The first-order valence-electron chi connectivity index (χ1n) is 21.3. The number of carboxylic acid groups (broad SMARTS) is 1. The number of hydrogen-bond donors (Lipinski definition) is 3. The number of rotatable bonds is 8. The number of benzene rings is 2. The van der Waals surface area contributed by atoms with Crippen LogP contribution in [0.15, 0.2) is 48.6 Å². The van der Waals surface area contributed by atoms with Crippen LogP contribution in [0, 0.1) is 11.3 Å². The van der Waals surface area contributed by atoms with E-state index in [9.17, 15) is 34.5 Å². The minimum Gasteiger partial charge on any atom is -0.496 e.